The van der Waals surface area contributed by atoms with Crippen molar-refractivity contribution in [3.05, 3.63) is 41.2 Å². The molecular weight excluding hydrogens is 298 g/mol. The van der Waals surface area contributed by atoms with Gasteiger partial charge in [0.25, 0.3) is 11.8 Å². The molecule has 8 nitrogen and oxygen atoms in total. The predicted octanol–water partition coefficient (Wildman–Crippen LogP) is 0.172. The van der Waals surface area contributed by atoms with Crippen molar-refractivity contribution >= 4 is 17.5 Å². The molecule has 0 atom stereocenters. The van der Waals surface area contributed by atoms with Crippen LogP contribution in [-0.2, 0) is 17.8 Å². The van der Waals surface area contributed by atoms with Gasteiger partial charge < -0.3 is 21.1 Å². The van der Waals surface area contributed by atoms with Crippen molar-refractivity contribution in [2.45, 2.75) is 13.0 Å². The van der Waals surface area contributed by atoms with E-state index < -0.39 is 5.91 Å². The first kappa shape index (κ1) is 15.0. The van der Waals surface area contributed by atoms with E-state index in [1.54, 1.807) is 24.3 Å². The SMILES string of the molecule is NC(=O)COc1ccc(NC(=O)c2n[nH]c3c2CNCC3)cc1. The van der Waals surface area contributed by atoms with Gasteiger partial charge in [-0.1, -0.05) is 0 Å². The Bertz CT molecular complexity index is 723. The van der Waals surface area contributed by atoms with E-state index in [4.69, 9.17) is 10.5 Å². The smallest absolute Gasteiger partial charge is 0.276 e. The summed E-state index contributed by atoms with van der Waals surface area (Å²) in [6.07, 6.45) is 0.835. The number of carbonyl (C=O) groups is 2. The summed E-state index contributed by atoms with van der Waals surface area (Å²) in [6, 6.07) is 6.68. The van der Waals surface area contributed by atoms with Crippen LogP contribution in [0.15, 0.2) is 24.3 Å². The number of primary amides is 1. The molecule has 0 aliphatic carbocycles. The van der Waals surface area contributed by atoms with Crippen LogP contribution in [0.3, 0.4) is 0 Å². The lowest BCUT2D eigenvalue weighted by atomic mass is 10.1. The maximum atomic E-state index is 12.3. The Balaban J connectivity index is 1.66. The van der Waals surface area contributed by atoms with Gasteiger partial charge >= 0.3 is 0 Å². The van der Waals surface area contributed by atoms with E-state index >= 15 is 0 Å². The molecule has 2 amide bonds. The number of aromatic amines is 1. The summed E-state index contributed by atoms with van der Waals surface area (Å²) < 4.78 is 5.16. The number of nitrogens with one attached hydrogen (secondary N) is 3. The third-order valence-corrected chi connectivity index (χ3v) is 3.51. The van der Waals surface area contributed by atoms with Crippen molar-refractivity contribution in [1.29, 1.82) is 0 Å². The largest absolute Gasteiger partial charge is 0.484 e. The van der Waals surface area contributed by atoms with Gasteiger partial charge in [0, 0.05) is 36.5 Å². The number of carbonyl (C=O) groups excluding carboxylic acids is 2. The number of benzene rings is 1. The number of anilines is 1. The number of nitrogens with two attached hydrogens (primary N) is 1. The Hall–Kier alpha value is -2.87. The fraction of sp³-hybridized carbons (Fsp3) is 0.267. The van der Waals surface area contributed by atoms with E-state index in [0.717, 1.165) is 24.2 Å². The highest BCUT2D eigenvalue weighted by Crippen LogP contribution is 2.19. The molecule has 1 aliphatic heterocycles. The van der Waals surface area contributed by atoms with Gasteiger partial charge in [-0.05, 0) is 24.3 Å². The zero-order valence-electron chi connectivity index (χ0n) is 12.4. The van der Waals surface area contributed by atoms with E-state index in [9.17, 15) is 9.59 Å². The van der Waals surface area contributed by atoms with Crippen molar-refractivity contribution in [3.8, 4) is 5.75 Å². The number of nitrogens with zero attached hydrogens (tertiary/aromatic N) is 1. The standard InChI is InChI=1S/C15H17N5O3/c16-13(21)8-23-10-3-1-9(2-4-10)18-15(22)14-11-7-17-6-5-12(11)19-20-14/h1-4,17H,5-8H2,(H2,16,21)(H,18,22)(H,19,20). The highest BCUT2D eigenvalue weighted by molar-refractivity contribution is 6.04. The lowest BCUT2D eigenvalue weighted by molar-refractivity contribution is -0.119. The number of amides is 2. The second-order valence-electron chi connectivity index (χ2n) is 5.19. The van der Waals surface area contributed by atoms with E-state index in [1.165, 1.54) is 0 Å². The Labute approximate surface area is 132 Å². The van der Waals surface area contributed by atoms with Gasteiger partial charge in [0.05, 0.1) is 0 Å². The van der Waals surface area contributed by atoms with E-state index in [0.29, 0.717) is 23.7 Å². The first-order valence-corrected chi connectivity index (χ1v) is 7.23. The topological polar surface area (TPSA) is 122 Å². The zero-order valence-corrected chi connectivity index (χ0v) is 12.4. The molecule has 2 aromatic rings. The minimum atomic E-state index is -0.542. The van der Waals surface area contributed by atoms with E-state index in [-0.39, 0.29) is 12.5 Å². The summed E-state index contributed by atoms with van der Waals surface area (Å²) >= 11 is 0. The lowest BCUT2D eigenvalue weighted by Gasteiger charge is -2.13. The van der Waals surface area contributed by atoms with Gasteiger partial charge in [0.2, 0.25) is 0 Å². The van der Waals surface area contributed by atoms with Crippen molar-refractivity contribution in [2.24, 2.45) is 5.73 Å². The van der Waals surface area contributed by atoms with Gasteiger partial charge in [0.15, 0.2) is 12.3 Å². The molecule has 5 N–H and O–H groups in total. The maximum Gasteiger partial charge on any atom is 0.276 e. The van der Waals surface area contributed by atoms with Crippen LogP contribution in [0, 0.1) is 0 Å². The van der Waals surface area contributed by atoms with Crippen molar-refractivity contribution in [1.82, 2.24) is 15.5 Å². The van der Waals surface area contributed by atoms with Crippen LogP contribution in [0.1, 0.15) is 21.7 Å². The number of hydrogen-bond donors (Lipinski definition) is 4. The minimum absolute atomic E-state index is 0.182. The van der Waals surface area contributed by atoms with Gasteiger partial charge in [-0.25, -0.2) is 0 Å². The van der Waals surface area contributed by atoms with Gasteiger partial charge in [-0.15, -0.1) is 0 Å². The van der Waals surface area contributed by atoms with Gasteiger partial charge in [0.1, 0.15) is 5.75 Å². The molecule has 23 heavy (non-hydrogen) atoms. The van der Waals surface area contributed by atoms with Crippen molar-refractivity contribution in [3.63, 3.8) is 0 Å². The van der Waals surface area contributed by atoms with Gasteiger partial charge in [-0.3, -0.25) is 14.7 Å². The van der Waals surface area contributed by atoms with Crippen molar-refractivity contribution in [2.75, 3.05) is 18.5 Å². The molecule has 1 aromatic heterocycles. The van der Waals surface area contributed by atoms with Crippen LogP contribution in [0.2, 0.25) is 0 Å². The number of fused-ring (bicyclic) bond motifs is 1. The second kappa shape index (κ2) is 6.49. The van der Waals surface area contributed by atoms with Crippen LogP contribution in [0.25, 0.3) is 0 Å². The molecule has 1 aliphatic rings. The number of aromatic nitrogens is 2. The number of hydrogen-bond acceptors (Lipinski definition) is 5. The van der Waals surface area contributed by atoms with Crippen LogP contribution >= 0.6 is 0 Å². The minimum Gasteiger partial charge on any atom is -0.484 e. The quantitative estimate of drug-likeness (QED) is 0.626. The van der Waals surface area contributed by atoms with Crippen LogP contribution in [-0.4, -0.2) is 35.2 Å². The van der Waals surface area contributed by atoms with Crippen LogP contribution < -0.4 is 21.1 Å². The molecule has 0 fully saturated rings. The average molecular weight is 315 g/mol. The van der Waals surface area contributed by atoms with Crippen LogP contribution in [0.4, 0.5) is 5.69 Å². The molecule has 0 saturated carbocycles. The fourth-order valence-electron chi connectivity index (χ4n) is 2.39. The lowest BCUT2D eigenvalue weighted by Crippen LogP contribution is -2.25. The highest BCUT2D eigenvalue weighted by Gasteiger charge is 2.21. The Morgan fingerprint density at radius 3 is 2.83 bits per heavy atom. The van der Waals surface area contributed by atoms with E-state index in [2.05, 4.69) is 20.8 Å². The molecule has 3 rings (SSSR count). The molecule has 0 radical (unpaired) electrons. The molecule has 8 heteroatoms. The number of H-pyrrole nitrogens is 1. The summed E-state index contributed by atoms with van der Waals surface area (Å²) in [7, 11) is 0. The van der Waals surface area contributed by atoms with Gasteiger partial charge in [-0.2, -0.15) is 5.10 Å². The number of rotatable bonds is 5. The monoisotopic (exact) mass is 315 g/mol. The third-order valence-electron chi connectivity index (χ3n) is 3.51. The summed E-state index contributed by atoms with van der Waals surface area (Å²) in [5, 5.41) is 13.0. The second-order valence-corrected chi connectivity index (χ2v) is 5.19. The average Bonchev–Trinajstić information content (AvgIpc) is 2.98. The third kappa shape index (κ3) is 3.49. The first-order chi connectivity index (χ1) is 11.1. The molecule has 0 spiro atoms. The molecule has 0 saturated heterocycles. The first-order valence-electron chi connectivity index (χ1n) is 7.23. The molecule has 0 unspecified atom stereocenters. The molecule has 120 valence electrons. The molecule has 0 bridgehead atoms. The normalized spacial score (nSPS) is 13.2. The van der Waals surface area contributed by atoms with E-state index in [1.807, 2.05) is 0 Å². The molecule has 2 heterocycles. The zero-order chi connectivity index (χ0) is 16.2. The highest BCUT2D eigenvalue weighted by atomic mass is 16.5. The summed E-state index contributed by atoms with van der Waals surface area (Å²) in [5.74, 6) is -0.306. The summed E-state index contributed by atoms with van der Waals surface area (Å²) in [6.45, 7) is 1.33. The Morgan fingerprint density at radius 1 is 1.30 bits per heavy atom. The Morgan fingerprint density at radius 2 is 2.09 bits per heavy atom. The molecular formula is C15H17N5O3. The summed E-state index contributed by atoms with van der Waals surface area (Å²) in [5.41, 5.74) is 7.94. The molecule has 1 aromatic carbocycles. The fourth-order valence-corrected chi connectivity index (χ4v) is 2.39. The predicted molar refractivity (Wildman–Crippen MR) is 83.1 cm³/mol. The Kier molecular flexibility index (Phi) is 4.24. The maximum absolute atomic E-state index is 12.3. The summed E-state index contributed by atoms with van der Waals surface area (Å²) in [4.78, 5) is 23.0. The number of ether oxygens (including phenoxy) is 1. The van der Waals surface area contributed by atoms with Crippen molar-refractivity contribution < 1.29 is 14.3 Å². The van der Waals surface area contributed by atoms with Crippen LogP contribution in [0.5, 0.6) is 5.75 Å².